The average Bonchev–Trinajstić information content (AvgIpc) is 2.65. The molecule has 0 radical (unpaired) electrons. The average molecular weight is 417 g/mol. The van der Waals surface area contributed by atoms with Crippen LogP contribution in [0.2, 0.25) is 0 Å². The number of pyridine rings is 1. The zero-order chi connectivity index (χ0) is 22.1. The second-order valence-corrected chi connectivity index (χ2v) is 6.69. The Balaban J connectivity index is 1.83. The molecule has 30 heavy (non-hydrogen) atoms. The van der Waals surface area contributed by atoms with Gasteiger partial charge in [0.25, 0.3) is 5.91 Å². The molecule has 4 N–H and O–H groups in total. The van der Waals surface area contributed by atoms with Crippen molar-refractivity contribution in [1.82, 2.24) is 20.3 Å². The third-order valence-corrected chi connectivity index (χ3v) is 4.27. The highest BCUT2D eigenvalue weighted by Gasteiger charge is 2.29. The molecule has 156 valence electrons. The van der Waals surface area contributed by atoms with Gasteiger partial charge in [0, 0.05) is 24.5 Å². The van der Waals surface area contributed by atoms with Gasteiger partial charge < -0.3 is 16.0 Å². The molecule has 3 rings (SSSR count). The molecule has 1 amide bonds. The van der Waals surface area contributed by atoms with E-state index in [1.54, 1.807) is 19.9 Å². The number of amides is 1. The molecule has 7 nitrogen and oxygen atoms in total. The van der Waals surface area contributed by atoms with E-state index in [1.807, 2.05) is 0 Å². The number of aromatic nitrogens is 3. The molecule has 0 aliphatic rings. The van der Waals surface area contributed by atoms with Crippen molar-refractivity contribution in [1.29, 1.82) is 0 Å². The Kier molecular flexibility index (Phi) is 5.59. The summed E-state index contributed by atoms with van der Waals surface area (Å²) in [6.07, 6.45) is -1.64. The fraction of sp³-hybridized carbons (Fsp3) is 0.200. The smallest absolute Gasteiger partial charge is 0.402 e. The summed E-state index contributed by atoms with van der Waals surface area (Å²) in [7, 11) is 0. The first-order valence-corrected chi connectivity index (χ1v) is 8.84. The zero-order valence-electron chi connectivity index (χ0n) is 16.1. The van der Waals surface area contributed by atoms with Crippen LogP contribution in [-0.4, -0.2) is 20.9 Å². The normalized spacial score (nSPS) is 12.2. The number of carbonyl (C=O) groups is 1. The summed E-state index contributed by atoms with van der Waals surface area (Å²) in [5, 5.41) is 2.70. The van der Waals surface area contributed by atoms with Crippen molar-refractivity contribution in [3.05, 3.63) is 74.6 Å². The number of rotatable bonds is 4. The number of hydrogen-bond donors (Lipinski definition) is 3. The van der Waals surface area contributed by atoms with E-state index in [2.05, 4.69) is 20.3 Å². The standard InChI is InChI=1S/C20H18F3N5O2/c1-10(24)7-15-27-11(2)16-17(29)14(9-25-18(16)28-15)19(30)26-8-12-3-5-13(6-4-12)20(21,22)23/h3-7,9H,8,24H2,1-2H3,(H,26,30)(H,25,27,28,29)/b10-7-. The Morgan fingerprint density at radius 1 is 1.23 bits per heavy atom. The van der Waals surface area contributed by atoms with Gasteiger partial charge in [-0.1, -0.05) is 12.1 Å². The zero-order valence-corrected chi connectivity index (χ0v) is 16.1. The number of alkyl halides is 3. The molecule has 2 heterocycles. The van der Waals surface area contributed by atoms with Gasteiger partial charge in [0.2, 0.25) is 5.43 Å². The largest absolute Gasteiger partial charge is 0.416 e. The first-order chi connectivity index (χ1) is 14.1. The lowest BCUT2D eigenvalue weighted by Gasteiger charge is -2.09. The lowest BCUT2D eigenvalue weighted by Crippen LogP contribution is -2.29. The number of fused-ring (bicyclic) bond motifs is 1. The van der Waals surface area contributed by atoms with Crippen molar-refractivity contribution in [3.8, 4) is 0 Å². The number of nitrogens with zero attached hydrogens (tertiary/aromatic N) is 2. The van der Waals surface area contributed by atoms with Crippen molar-refractivity contribution in [2.45, 2.75) is 26.6 Å². The van der Waals surface area contributed by atoms with Crippen molar-refractivity contribution >= 4 is 23.0 Å². The number of halogens is 3. The minimum absolute atomic E-state index is 0.0383. The Morgan fingerprint density at radius 3 is 2.50 bits per heavy atom. The third kappa shape index (κ3) is 4.48. The molecule has 2 aromatic heterocycles. The van der Waals surface area contributed by atoms with Crippen LogP contribution in [-0.2, 0) is 12.7 Å². The van der Waals surface area contributed by atoms with E-state index in [0.29, 0.717) is 22.8 Å². The molecule has 0 saturated heterocycles. The second kappa shape index (κ2) is 7.97. The van der Waals surface area contributed by atoms with Crippen molar-refractivity contribution in [3.63, 3.8) is 0 Å². The Hall–Kier alpha value is -3.69. The number of benzene rings is 1. The number of aryl methyl sites for hydroxylation is 1. The second-order valence-electron chi connectivity index (χ2n) is 6.69. The van der Waals surface area contributed by atoms with E-state index < -0.39 is 23.1 Å². The monoisotopic (exact) mass is 417 g/mol. The van der Waals surface area contributed by atoms with E-state index >= 15 is 0 Å². The number of carbonyl (C=O) groups excluding carboxylic acids is 1. The highest BCUT2D eigenvalue weighted by molar-refractivity contribution is 5.97. The molecule has 0 fully saturated rings. The van der Waals surface area contributed by atoms with Gasteiger partial charge in [-0.3, -0.25) is 9.59 Å². The molecular weight excluding hydrogens is 399 g/mol. The third-order valence-electron chi connectivity index (χ3n) is 4.27. The van der Waals surface area contributed by atoms with Crippen LogP contribution in [0.15, 0.2) is 41.0 Å². The lowest BCUT2D eigenvalue weighted by atomic mass is 10.1. The van der Waals surface area contributed by atoms with E-state index in [9.17, 15) is 22.8 Å². The molecule has 0 aliphatic heterocycles. The van der Waals surface area contributed by atoms with Gasteiger partial charge >= 0.3 is 6.18 Å². The molecule has 0 bridgehead atoms. The van der Waals surface area contributed by atoms with Crippen molar-refractivity contribution < 1.29 is 18.0 Å². The van der Waals surface area contributed by atoms with Gasteiger partial charge in [-0.25, -0.2) is 9.97 Å². The quantitative estimate of drug-likeness (QED) is 0.604. The van der Waals surface area contributed by atoms with E-state index in [0.717, 1.165) is 12.1 Å². The van der Waals surface area contributed by atoms with E-state index in [1.165, 1.54) is 18.3 Å². The summed E-state index contributed by atoms with van der Waals surface area (Å²) in [6, 6.07) is 4.39. The highest BCUT2D eigenvalue weighted by Crippen LogP contribution is 2.29. The minimum Gasteiger partial charge on any atom is -0.402 e. The molecule has 3 aromatic rings. The number of aromatic amines is 1. The Bertz CT molecular complexity index is 1190. The molecule has 0 aliphatic carbocycles. The number of allylic oxidation sites excluding steroid dienone is 1. The number of nitrogens with one attached hydrogen (secondary N) is 2. The predicted molar refractivity (Wildman–Crippen MR) is 105 cm³/mol. The minimum atomic E-state index is -4.43. The molecule has 0 atom stereocenters. The maximum atomic E-state index is 12.8. The maximum absolute atomic E-state index is 12.8. The summed E-state index contributed by atoms with van der Waals surface area (Å²) in [4.78, 5) is 36.5. The first-order valence-electron chi connectivity index (χ1n) is 8.84. The molecular formula is C20H18F3N5O2. The SMILES string of the molecule is C/C(N)=C/c1nc(C)c2c(=O)c(C(=O)NCc3ccc(C(F)(F)F)cc3)c[nH]c2n1. The molecule has 1 aromatic carbocycles. The van der Waals surface area contributed by atoms with Gasteiger partial charge in [0.1, 0.15) is 11.2 Å². The Morgan fingerprint density at radius 2 is 1.90 bits per heavy atom. The lowest BCUT2D eigenvalue weighted by molar-refractivity contribution is -0.137. The molecule has 10 heteroatoms. The van der Waals surface area contributed by atoms with Gasteiger partial charge in [0.05, 0.1) is 16.6 Å². The van der Waals surface area contributed by atoms with Crippen molar-refractivity contribution in [2.24, 2.45) is 5.73 Å². The molecule has 0 unspecified atom stereocenters. The fourth-order valence-corrected chi connectivity index (χ4v) is 2.84. The number of H-pyrrole nitrogens is 1. The van der Waals surface area contributed by atoms with Crippen molar-refractivity contribution in [2.75, 3.05) is 0 Å². The number of nitrogens with two attached hydrogens (primary N) is 1. The first kappa shape index (κ1) is 21.0. The van der Waals surface area contributed by atoms with Crippen LogP contribution in [0.25, 0.3) is 17.1 Å². The highest BCUT2D eigenvalue weighted by atomic mass is 19.4. The van der Waals surface area contributed by atoms with Gasteiger partial charge in [-0.2, -0.15) is 13.2 Å². The van der Waals surface area contributed by atoms with E-state index in [4.69, 9.17) is 5.73 Å². The summed E-state index contributed by atoms with van der Waals surface area (Å²) in [5.41, 5.74) is 5.74. The summed E-state index contributed by atoms with van der Waals surface area (Å²) >= 11 is 0. The van der Waals surface area contributed by atoms with Crippen LogP contribution in [0.1, 0.15) is 39.9 Å². The topological polar surface area (TPSA) is 114 Å². The van der Waals surface area contributed by atoms with Gasteiger partial charge in [0.15, 0.2) is 5.82 Å². The van der Waals surface area contributed by atoms with Crippen LogP contribution >= 0.6 is 0 Å². The molecule has 0 spiro atoms. The Labute approximate surface area is 168 Å². The fourth-order valence-electron chi connectivity index (χ4n) is 2.84. The predicted octanol–water partition coefficient (Wildman–Crippen LogP) is 2.89. The van der Waals surface area contributed by atoms with Gasteiger partial charge in [-0.15, -0.1) is 0 Å². The number of hydrogen-bond acceptors (Lipinski definition) is 5. The van der Waals surface area contributed by atoms with Crippen LogP contribution < -0.4 is 16.5 Å². The van der Waals surface area contributed by atoms with Crippen LogP contribution in [0, 0.1) is 6.92 Å². The summed E-state index contributed by atoms with van der Waals surface area (Å²) < 4.78 is 37.9. The van der Waals surface area contributed by atoms with Crippen LogP contribution in [0.5, 0.6) is 0 Å². The summed E-state index contributed by atoms with van der Waals surface area (Å²) in [6.45, 7) is 3.26. The van der Waals surface area contributed by atoms with Gasteiger partial charge in [-0.05, 0) is 31.5 Å². The van der Waals surface area contributed by atoms with Crippen LogP contribution in [0.3, 0.4) is 0 Å². The maximum Gasteiger partial charge on any atom is 0.416 e. The van der Waals surface area contributed by atoms with Crippen LogP contribution in [0.4, 0.5) is 13.2 Å². The summed E-state index contributed by atoms with van der Waals surface area (Å²) in [5.74, 6) is -0.339. The molecule has 0 saturated carbocycles. The van der Waals surface area contributed by atoms with E-state index in [-0.39, 0.29) is 23.1 Å².